The molecule has 1 aromatic heterocycles. The van der Waals surface area contributed by atoms with E-state index < -0.39 is 15.4 Å². The summed E-state index contributed by atoms with van der Waals surface area (Å²) in [6, 6.07) is 15.0. The number of halogens is 1. The number of rotatable bonds is 6. The van der Waals surface area contributed by atoms with E-state index in [9.17, 15) is 22.4 Å². The lowest BCUT2D eigenvalue weighted by atomic mass is 10.0. The molecular weight excluding hydrogens is 471 g/mol. The fourth-order valence-electron chi connectivity index (χ4n) is 3.93. The molecule has 1 fully saturated rings. The van der Waals surface area contributed by atoms with Crippen LogP contribution < -0.4 is 10.5 Å². The first-order valence-electron chi connectivity index (χ1n) is 11.4. The molecule has 0 aliphatic carbocycles. The van der Waals surface area contributed by atoms with Gasteiger partial charge in [0.25, 0.3) is 5.56 Å². The molecule has 0 N–H and O–H groups in total. The molecule has 1 aliphatic rings. The number of carbonyl (C=O) groups excluding carboxylic acids is 1. The van der Waals surface area contributed by atoms with E-state index in [0.717, 1.165) is 28.1 Å². The molecule has 1 saturated heterocycles. The SMILES string of the molecule is CC(C)c1ccc(S(=O)(=O)c2ccc(=O)n(CC(=O)N3CCN(c4ccc(F)cc4)CC3)n2)cc1. The Morgan fingerprint density at radius 2 is 1.57 bits per heavy atom. The van der Waals surface area contributed by atoms with Crippen LogP contribution in [0.4, 0.5) is 10.1 Å². The van der Waals surface area contributed by atoms with E-state index in [1.54, 1.807) is 29.2 Å². The second-order valence-electron chi connectivity index (χ2n) is 8.74. The molecule has 8 nitrogen and oxygen atoms in total. The number of anilines is 1. The Kier molecular flexibility index (Phi) is 7.02. The number of benzene rings is 2. The van der Waals surface area contributed by atoms with Gasteiger partial charge >= 0.3 is 0 Å². The molecule has 0 radical (unpaired) electrons. The normalized spacial score (nSPS) is 14.4. The maximum Gasteiger partial charge on any atom is 0.267 e. The monoisotopic (exact) mass is 498 g/mol. The van der Waals surface area contributed by atoms with Crippen molar-refractivity contribution in [2.75, 3.05) is 31.1 Å². The van der Waals surface area contributed by atoms with Gasteiger partial charge in [0.05, 0.1) is 4.90 Å². The van der Waals surface area contributed by atoms with Gasteiger partial charge in [-0.1, -0.05) is 26.0 Å². The second kappa shape index (κ2) is 9.99. The zero-order valence-corrected chi connectivity index (χ0v) is 20.4. The van der Waals surface area contributed by atoms with Crippen molar-refractivity contribution < 1.29 is 17.6 Å². The fourth-order valence-corrected chi connectivity index (χ4v) is 5.12. The van der Waals surface area contributed by atoms with Crippen molar-refractivity contribution in [2.45, 2.75) is 36.2 Å². The highest BCUT2D eigenvalue weighted by atomic mass is 32.2. The Balaban J connectivity index is 1.46. The predicted octanol–water partition coefficient (Wildman–Crippen LogP) is 2.69. The largest absolute Gasteiger partial charge is 0.368 e. The van der Waals surface area contributed by atoms with Crippen LogP contribution in [0, 0.1) is 5.82 Å². The molecule has 1 amide bonds. The van der Waals surface area contributed by atoms with Gasteiger partial charge in [0.2, 0.25) is 15.7 Å². The molecule has 4 rings (SSSR count). The number of hydrogen-bond acceptors (Lipinski definition) is 6. The number of piperazine rings is 1. The van der Waals surface area contributed by atoms with E-state index in [2.05, 4.69) is 5.10 Å². The lowest BCUT2D eigenvalue weighted by Crippen LogP contribution is -2.50. The van der Waals surface area contributed by atoms with Gasteiger partial charge in [0.15, 0.2) is 5.03 Å². The van der Waals surface area contributed by atoms with Crippen LogP contribution in [-0.4, -0.2) is 55.2 Å². The average Bonchev–Trinajstić information content (AvgIpc) is 2.86. The first-order valence-corrected chi connectivity index (χ1v) is 12.8. The molecule has 3 aromatic rings. The first-order chi connectivity index (χ1) is 16.6. The van der Waals surface area contributed by atoms with Gasteiger partial charge in [-0.3, -0.25) is 9.59 Å². The first kappa shape index (κ1) is 24.6. The highest BCUT2D eigenvalue weighted by Crippen LogP contribution is 2.22. The van der Waals surface area contributed by atoms with Crippen LogP contribution in [0.25, 0.3) is 0 Å². The molecule has 0 atom stereocenters. The highest BCUT2D eigenvalue weighted by molar-refractivity contribution is 7.91. The smallest absolute Gasteiger partial charge is 0.267 e. The van der Waals surface area contributed by atoms with Gasteiger partial charge in [0, 0.05) is 37.9 Å². The van der Waals surface area contributed by atoms with Gasteiger partial charge in [-0.05, 0) is 53.9 Å². The number of sulfone groups is 1. The summed E-state index contributed by atoms with van der Waals surface area (Å²) in [4.78, 5) is 28.9. The van der Waals surface area contributed by atoms with Crippen molar-refractivity contribution >= 4 is 21.4 Å². The van der Waals surface area contributed by atoms with Crippen molar-refractivity contribution in [3.05, 3.63) is 82.4 Å². The molecule has 184 valence electrons. The van der Waals surface area contributed by atoms with E-state index in [1.165, 1.54) is 24.3 Å². The lowest BCUT2D eigenvalue weighted by Gasteiger charge is -2.36. The molecule has 35 heavy (non-hydrogen) atoms. The number of carbonyl (C=O) groups is 1. The van der Waals surface area contributed by atoms with Crippen molar-refractivity contribution in [1.29, 1.82) is 0 Å². The molecule has 0 saturated carbocycles. The summed E-state index contributed by atoms with van der Waals surface area (Å²) in [7, 11) is -3.95. The Morgan fingerprint density at radius 1 is 0.943 bits per heavy atom. The van der Waals surface area contributed by atoms with Crippen LogP contribution in [0.5, 0.6) is 0 Å². The van der Waals surface area contributed by atoms with Gasteiger partial charge in [0.1, 0.15) is 12.4 Å². The minimum atomic E-state index is -3.95. The summed E-state index contributed by atoms with van der Waals surface area (Å²) in [5.74, 6) is -0.373. The molecule has 0 bridgehead atoms. The van der Waals surface area contributed by atoms with Gasteiger partial charge in [-0.25, -0.2) is 17.5 Å². The Bertz CT molecular complexity index is 1360. The third kappa shape index (κ3) is 5.43. The summed E-state index contributed by atoms with van der Waals surface area (Å²) < 4.78 is 40.2. The minimum Gasteiger partial charge on any atom is -0.368 e. The van der Waals surface area contributed by atoms with Crippen LogP contribution in [0.15, 0.2) is 75.4 Å². The van der Waals surface area contributed by atoms with Crippen molar-refractivity contribution in [1.82, 2.24) is 14.7 Å². The molecule has 1 aliphatic heterocycles. The maximum absolute atomic E-state index is 13.2. The summed E-state index contributed by atoms with van der Waals surface area (Å²) in [6.45, 7) is 5.63. The molecular formula is C25H27FN4O4S. The summed E-state index contributed by atoms with van der Waals surface area (Å²) in [5.41, 5.74) is 1.32. The standard InChI is InChI=1S/C25H27FN4O4S/c1-18(2)19-3-9-22(10-4-19)35(33,34)23-11-12-24(31)30(27-23)17-25(32)29-15-13-28(14-16-29)21-7-5-20(26)6-8-21/h3-12,18H,13-17H2,1-2H3. The lowest BCUT2D eigenvalue weighted by molar-refractivity contribution is -0.132. The van der Waals surface area contributed by atoms with Gasteiger partial charge in [-0.2, -0.15) is 5.10 Å². The van der Waals surface area contributed by atoms with E-state index in [0.29, 0.717) is 26.2 Å². The van der Waals surface area contributed by atoms with E-state index in [-0.39, 0.29) is 34.1 Å². The van der Waals surface area contributed by atoms with Crippen LogP contribution in [-0.2, 0) is 21.2 Å². The van der Waals surface area contributed by atoms with Gasteiger partial charge < -0.3 is 9.80 Å². The maximum atomic E-state index is 13.2. The Morgan fingerprint density at radius 3 is 2.17 bits per heavy atom. The summed E-state index contributed by atoms with van der Waals surface area (Å²) >= 11 is 0. The Labute approximate surface area is 203 Å². The van der Waals surface area contributed by atoms with Crippen molar-refractivity contribution in [2.24, 2.45) is 0 Å². The fraction of sp³-hybridized carbons (Fsp3) is 0.320. The number of nitrogens with zero attached hydrogens (tertiary/aromatic N) is 4. The van der Waals surface area contributed by atoms with Crippen LogP contribution in [0.2, 0.25) is 0 Å². The Hall–Kier alpha value is -3.53. The minimum absolute atomic E-state index is 0.0721. The quantitative estimate of drug-likeness (QED) is 0.519. The molecule has 2 heterocycles. The third-order valence-corrected chi connectivity index (χ3v) is 7.74. The second-order valence-corrected chi connectivity index (χ2v) is 10.6. The van der Waals surface area contributed by atoms with Gasteiger partial charge in [-0.15, -0.1) is 0 Å². The summed E-state index contributed by atoms with van der Waals surface area (Å²) in [6.07, 6.45) is 0. The molecule has 0 spiro atoms. The average molecular weight is 499 g/mol. The topological polar surface area (TPSA) is 92.6 Å². The number of aromatic nitrogens is 2. The zero-order valence-electron chi connectivity index (χ0n) is 19.6. The summed E-state index contributed by atoms with van der Waals surface area (Å²) in [5, 5.41) is 3.72. The van der Waals surface area contributed by atoms with E-state index in [1.807, 2.05) is 18.7 Å². The number of amides is 1. The van der Waals surface area contributed by atoms with Crippen LogP contribution >= 0.6 is 0 Å². The number of hydrogen-bond donors (Lipinski definition) is 0. The van der Waals surface area contributed by atoms with Crippen molar-refractivity contribution in [3.8, 4) is 0 Å². The molecule has 10 heteroatoms. The van der Waals surface area contributed by atoms with Crippen LogP contribution in [0.1, 0.15) is 25.3 Å². The van der Waals surface area contributed by atoms with Crippen LogP contribution in [0.3, 0.4) is 0 Å². The molecule has 2 aromatic carbocycles. The van der Waals surface area contributed by atoms with E-state index in [4.69, 9.17) is 0 Å². The third-order valence-electron chi connectivity index (χ3n) is 6.08. The van der Waals surface area contributed by atoms with Crippen molar-refractivity contribution in [3.63, 3.8) is 0 Å². The van der Waals surface area contributed by atoms with E-state index >= 15 is 0 Å². The zero-order chi connectivity index (χ0) is 25.2. The highest BCUT2D eigenvalue weighted by Gasteiger charge is 2.24. The molecule has 0 unspecified atom stereocenters. The predicted molar refractivity (Wildman–Crippen MR) is 130 cm³/mol.